The number of benzene rings is 1. The fourth-order valence-electron chi connectivity index (χ4n) is 2.59. The van der Waals surface area contributed by atoms with Crippen LogP contribution in [0.5, 0.6) is 11.5 Å². The van der Waals surface area contributed by atoms with E-state index in [9.17, 15) is 14.4 Å². The van der Waals surface area contributed by atoms with E-state index in [2.05, 4.69) is 0 Å². The summed E-state index contributed by atoms with van der Waals surface area (Å²) in [7, 11) is 2.94. The SMILES string of the molecule is COc1ccc(OC)c(C(=O)COC(=O)CCC(=O)c2cc(C)sc2C)c1. The van der Waals surface area contributed by atoms with E-state index < -0.39 is 18.4 Å². The maximum absolute atomic E-state index is 12.3. The van der Waals surface area contributed by atoms with Crippen molar-refractivity contribution in [3.05, 3.63) is 45.1 Å². The van der Waals surface area contributed by atoms with Crippen LogP contribution in [0, 0.1) is 13.8 Å². The fraction of sp³-hybridized carbons (Fsp3) is 0.350. The molecule has 0 aliphatic carbocycles. The van der Waals surface area contributed by atoms with Gasteiger partial charge in [0, 0.05) is 21.7 Å². The molecule has 0 saturated heterocycles. The molecule has 0 radical (unpaired) electrons. The number of ether oxygens (including phenoxy) is 3. The molecule has 2 rings (SSSR count). The highest BCUT2D eigenvalue weighted by Crippen LogP contribution is 2.25. The van der Waals surface area contributed by atoms with Crippen LogP contribution in [0.2, 0.25) is 0 Å². The van der Waals surface area contributed by atoms with Gasteiger partial charge in [0.25, 0.3) is 0 Å². The number of esters is 1. The van der Waals surface area contributed by atoms with Crippen molar-refractivity contribution in [2.75, 3.05) is 20.8 Å². The quantitative estimate of drug-likeness (QED) is 0.479. The van der Waals surface area contributed by atoms with Gasteiger partial charge in [0.05, 0.1) is 26.2 Å². The molecule has 0 unspecified atom stereocenters. The molecular weight excluding hydrogens is 368 g/mol. The normalized spacial score (nSPS) is 10.4. The predicted molar refractivity (Wildman–Crippen MR) is 102 cm³/mol. The molecule has 0 aliphatic rings. The minimum absolute atomic E-state index is 0.0481. The molecule has 1 aromatic carbocycles. The molecular formula is C20H22O6S. The number of thiophene rings is 1. The molecule has 0 spiro atoms. The van der Waals surface area contributed by atoms with Crippen LogP contribution in [0.1, 0.15) is 43.3 Å². The highest BCUT2D eigenvalue weighted by molar-refractivity contribution is 7.12. The molecule has 0 bridgehead atoms. The summed E-state index contributed by atoms with van der Waals surface area (Å²) in [5, 5.41) is 0. The van der Waals surface area contributed by atoms with Crippen LogP contribution >= 0.6 is 11.3 Å². The van der Waals surface area contributed by atoms with E-state index in [1.165, 1.54) is 20.3 Å². The van der Waals surface area contributed by atoms with E-state index >= 15 is 0 Å². The lowest BCUT2D eigenvalue weighted by atomic mass is 10.1. The molecule has 1 aromatic heterocycles. The monoisotopic (exact) mass is 390 g/mol. The molecule has 1 heterocycles. The van der Waals surface area contributed by atoms with Gasteiger partial charge < -0.3 is 14.2 Å². The third kappa shape index (κ3) is 5.40. The Morgan fingerprint density at radius 2 is 1.67 bits per heavy atom. The number of rotatable bonds is 9. The minimum atomic E-state index is -0.594. The van der Waals surface area contributed by atoms with Crippen molar-refractivity contribution in [2.24, 2.45) is 0 Å². The first kappa shape index (κ1) is 20.6. The molecule has 0 fully saturated rings. The van der Waals surface area contributed by atoms with Gasteiger partial charge in [0.2, 0.25) is 5.78 Å². The number of methoxy groups -OCH3 is 2. The lowest BCUT2D eigenvalue weighted by Gasteiger charge is -2.10. The van der Waals surface area contributed by atoms with Crippen molar-refractivity contribution in [3.8, 4) is 11.5 Å². The van der Waals surface area contributed by atoms with Crippen LogP contribution in [-0.2, 0) is 9.53 Å². The third-order valence-corrected chi connectivity index (χ3v) is 4.93. The number of hydrogen-bond acceptors (Lipinski definition) is 7. The topological polar surface area (TPSA) is 78.9 Å². The van der Waals surface area contributed by atoms with Crippen LogP contribution in [0.4, 0.5) is 0 Å². The zero-order chi connectivity index (χ0) is 20.0. The summed E-state index contributed by atoms with van der Waals surface area (Å²) < 4.78 is 15.3. The van der Waals surface area contributed by atoms with Crippen molar-refractivity contribution in [1.29, 1.82) is 0 Å². The number of aryl methyl sites for hydroxylation is 2. The second-order valence-electron chi connectivity index (χ2n) is 5.90. The number of ketones is 2. The molecule has 6 nitrogen and oxygen atoms in total. The van der Waals surface area contributed by atoms with Crippen LogP contribution in [0.25, 0.3) is 0 Å². The van der Waals surface area contributed by atoms with Gasteiger partial charge in [-0.05, 0) is 38.1 Å². The lowest BCUT2D eigenvalue weighted by Crippen LogP contribution is -2.16. The van der Waals surface area contributed by atoms with Crippen molar-refractivity contribution in [2.45, 2.75) is 26.7 Å². The predicted octanol–water partition coefficient (Wildman–Crippen LogP) is 3.77. The summed E-state index contributed by atoms with van der Waals surface area (Å²) in [6, 6.07) is 6.63. The van der Waals surface area contributed by atoms with Gasteiger partial charge in [-0.3, -0.25) is 14.4 Å². The molecule has 0 N–H and O–H groups in total. The highest BCUT2D eigenvalue weighted by Gasteiger charge is 2.18. The molecule has 0 aliphatic heterocycles. The molecule has 0 saturated carbocycles. The average molecular weight is 390 g/mol. The van der Waals surface area contributed by atoms with Crippen molar-refractivity contribution in [3.63, 3.8) is 0 Å². The zero-order valence-electron chi connectivity index (χ0n) is 15.8. The van der Waals surface area contributed by atoms with Crippen LogP contribution in [0.15, 0.2) is 24.3 Å². The Morgan fingerprint density at radius 1 is 0.926 bits per heavy atom. The summed E-state index contributed by atoms with van der Waals surface area (Å²) in [5.41, 5.74) is 0.910. The summed E-state index contributed by atoms with van der Waals surface area (Å²) in [5.74, 6) is -0.236. The fourth-order valence-corrected chi connectivity index (χ4v) is 3.53. The standard InChI is InChI=1S/C20H22O6S/c1-12-9-15(13(2)27-12)17(21)6-8-20(23)26-11-18(22)16-10-14(24-3)5-7-19(16)25-4/h5,7,9-10H,6,8,11H2,1-4H3. The van der Waals surface area contributed by atoms with Gasteiger partial charge in [0.1, 0.15) is 11.5 Å². The van der Waals surface area contributed by atoms with Crippen molar-refractivity contribution >= 4 is 28.9 Å². The first-order chi connectivity index (χ1) is 12.8. The van der Waals surface area contributed by atoms with Crippen molar-refractivity contribution < 1.29 is 28.6 Å². The maximum atomic E-state index is 12.3. The Labute approximate surface area is 162 Å². The van der Waals surface area contributed by atoms with Gasteiger partial charge in [0.15, 0.2) is 12.4 Å². The first-order valence-electron chi connectivity index (χ1n) is 8.36. The molecule has 7 heteroatoms. The van der Waals surface area contributed by atoms with E-state index in [-0.39, 0.29) is 24.2 Å². The third-order valence-electron chi connectivity index (χ3n) is 3.97. The Morgan fingerprint density at radius 3 is 2.26 bits per heavy atom. The van der Waals surface area contributed by atoms with Gasteiger partial charge in [-0.25, -0.2) is 0 Å². The number of carbonyl (C=O) groups is 3. The van der Waals surface area contributed by atoms with Crippen molar-refractivity contribution in [1.82, 2.24) is 0 Å². The highest BCUT2D eigenvalue weighted by atomic mass is 32.1. The summed E-state index contributed by atoms with van der Waals surface area (Å²) in [6.07, 6.45) is -0.0256. The largest absolute Gasteiger partial charge is 0.497 e. The van der Waals surface area contributed by atoms with Crippen LogP contribution in [-0.4, -0.2) is 38.4 Å². The lowest BCUT2D eigenvalue weighted by molar-refractivity contribution is -0.142. The van der Waals surface area contributed by atoms with Gasteiger partial charge in [-0.1, -0.05) is 0 Å². The van der Waals surface area contributed by atoms with E-state index in [0.717, 1.165) is 9.75 Å². The van der Waals surface area contributed by atoms with E-state index in [1.54, 1.807) is 23.5 Å². The second-order valence-corrected chi connectivity index (χ2v) is 7.36. The molecule has 0 amide bonds. The molecule has 27 heavy (non-hydrogen) atoms. The molecule has 144 valence electrons. The number of carbonyl (C=O) groups excluding carboxylic acids is 3. The smallest absolute Gasteiger partial charge is 0.306 e. The van der Waals surface area contributed by atoms with Crippen LogP contribution < -0.4 is 9.47 Å². The molecule has 0 atom stereocenters. The van der Waals surface area contributed by atoms with Crippen LogP contribution in [0.3, 0.4) is 0 Å². The summed E-state index contributed by atoms with van der Waals surface area (Å²) >= 11 is 1.55. The van der Waals surface area contributed by atoms with Gasteiger partial charge in [-0.2, -0.15) is 0 Å². The van der Waals surface area contributed by atoms with Gasteiger partial charge >= 0.3 is 5.97 Å². The zero-order valence-corrected chi connectivity index (χ0v) is 16.6. The minimum Gasteiger partial charge on any atom is -0.497 e. The second kappa shape index (κ2) is 9.32. The Bertz CT molecular complexity index is 852. The maximum Gasteiger partial charge on any atom is 0.306 e. The van der Waals surface area contributed by atoms with Gasteiger partial charge in [-0.15, -0.1) is 11.3 Å². The van der Waals surface area contributed by atoms with E-state index in [1.807, 2.05) is 19.9 Å². The summed E-state index contributed by atoms with van der Waals surface area (Å²) in [6.45, 7) is 3.39. The number of Topliss-reactive ketones (excluding diaryl/α,β-unsaturated/α-hetero) is 2. The van der Waals surface area contributed by atoms with E-state index in [0.29, 0.717) is 17.1 Å². The summed E-state index contributed by atoms with van der Waals surface area (Å²) in [4.78, 5) is 38.4. The molecule has 2 aromatic rings. The Kier molecular flexibility index (Phi) is 7.12. The Hall–Kier alpha value is -2.67. The first-order valence-corrected chi connectivity index (χ1v) is 9.18. The Balaban J connectivity index is 1.89. The number of hydrogen-bond donors (Lipinski definition) is 0. The van der Waals surface area contributed by atoms with E-state index in [4.69, 9.17) is 14.2 Å². The average Bonchev–Trinajstić information content (AvgIpc) is 3.01.